The predicted molar refractivity (Wildman–Crippen MR) is 58.7 cm³/mol. The molecule has 0 aliphatic heterocycles. The fourth-order valence-corrected chi connectivity index (χ4v) is 1.67. The quantitative estimate of drug-likeness (QED) is 0.783. The highest BCUT2D eigenvalue weighted by Gasteiger charge is 2.11. The van der Waals surface area contributed by atoms with Crippen molar-refractivity contribution in [2.24, 2.45) is 0 Å². The second-order valence-corrected chi connectivity index (χ2v) is 3.77. The van der Waals surface area contributed by atoms with Gasteiger partial charge in [0.1, 0.15) is 0 Å². The fraction of sp³-hybridized carbons (Fsp3) is 0.125. The van der Waals surface area contributed by atoms with E-state index in [0.717, 1.165) is 0 Å². The van der Waals surface area contributed by atoms with E-state index in [2.05, 4.69) is 15.5 Å². The Labute approximate surface area is 101 Å². The molecule has 0 bridgehead atoms. The van der Waals surface area contributed by atoms with Gasteiger partial charge >= 0.3 is 0 Å². The number of tetrazole rings is 1. The van der Waals surface area contributed by atoms with Gasteiger partial charge in [0.05, 0.1) is 21.6 Å². The number of nitrogens with zero attached hydrogens (tertiary/aromatic N) is 4. The second kappa shape index (κ2) is 4.35. The van der Waals surface area contributed by atoms with Gasteiger partial charge in [0, 0.05) is 0 Å². The van der Waals surface area contributed by atoms with E-state index in [1.165, 1.54) is 4.68 Å². The van der Waals surface area contributed by atoms with Crippen molar-refractivity contribution >= 4 is 34.8 Å². The van der Waals surface area contributed by atoms with E-state index in [9.17, 15) is 0 Å². The Hall–Kier alpha value is -0.840. The highest BCUT2D eigenvalue weighted by molar-refractivity contribution is 6.43. The summed E-state index contributed by atoms with van der Waals surface area (Å²) < 4.78 is 1.46. The molecule has 0 N–H and O–H groups in total. The number of rotatable bonds is 2. The molecule has 0 fully saturated rings. The highest BCUT2D eigenvalue weighted by Crippen LogP contribution is 2.28. The first-order chi connectivity index (χ1) is 7.24. The third-order valence-corrected chi connectivity index (χ3v) is 2.86. The maximum Gasteiger partial charge on any atom is 0.171 e. The van der Waals surface area contributed by atoms with Gasteiger partial charge in [-0.3, -0.25) is 0 Å². The zero-order valence-corrected chi connectivity index (χ0v) is 9.63. The van der Waals surface area contributed by atoms with E-state index in [1.807, 2.05) is 0 Å². The smallest absolute Gasteiger partial charge is 0.171 e. The lowest BCUT2D eigenvalue weighted by Gasteiger charge is -2.05. The molecule has 1 heterocycles. The molecule has 0 spiro atoms. The second-order valence-electron chi connectivity index (χ2n) is 2.71. The van der Waals surface area contributed by atoms with Crippen LogP contribution in [0.1, 0.15) is 5.82 Å². The van der Waals surface area contributed by atoms with Crippen LogP contribution >= 0.6 is 34.8 Å². The van der Waals surface area contributed by atoms with Crippen molar-refractivity contribution in [1.29, 1.82) is 0 Å². The predicted octanol–water partition coefficient (Wildman–Crippen LogP) is 2.71. The lowest BCUT2D eigenvalue weighted by atomic mass is 10.3. The Morgan fingerprint density at radius 2 is 2.07 bits per heavy atom. The standard InChI is InChI=1S/C8H5Cl3N4/c9-4-7-12-13-14-15(7)6-3-1-2-5(10)8(6)11/h1-3H,4H2. The molecular weight excluding hydrogens is 258 g/mol. The Morgan fingerprint density at radius 3 is 2.80 bits per heavy atom. The molecule has 0 unspecified atom stereocenters. The van der Waals surface area contributed by atoms with Gasteiger partial charge in [-0.1, -0.05) is 29.3 Å². The van der Waals surface area contributed by atoms with Crippen molar-refractivity contribution in [3.63, 3.8) is 0 Å². The van der Waals surface area contributed by atoms with E-state index >= 15 is 0 Å². The molecule has 78 valence electrons. The van der Waals surface area contributed by atoms with Gasteiger partial charge in [-0.2, -0.15) is 4.68 Å². The van der Waals surface area contributed by atoms with E-state index in [-0.39, 0.29) is 5.88 Å². The average molecular weight is 264 g/mol. The van der Waals surface area contributed by atoms with Crippen molar-refractivity contribution in [3.05, 3.63) is 34.1 Å². The molecule has 2 aromatic rings. The van der Waals surface area contributed by atoms with Crippen LogP contribution < -0.4 is 0 Å². The Morgan fingerprint density at radius 1 is 1.27 bits per heavy atom. The summed E-state index contributed by atoms with van der Waals surface area (Å²) in [5, 5.41) is 11.9. The van der Waals surface area contributed by atoms with Gasteiger partial charge in [0.25, 0.3) is 0 Å². The summed E-state index contributed by atoms with van der Waals surface area (Å²) in [6.45, 7) is 0. The first kappa shape index (κ1) is 10.7. The molecule has 0 saturated heterocycles. The minimum atomic E-state index is 0.204. The van der Waals surface area contributed by atoms with Gasteiger partial charge in [0.15, 0.2) is 5.82 Å². The summed E-state index contributed by atoms with van der Waals surface area (Å²) in [6, 6.07) is 5.22. The van der Waals surface area contributed by atoms with E-state index in [1.54, 1.807) is 18.2 Å². The van der Waals surface area contributed by atoms with Crippen LogP contribution in [0, 0.1) is 0 Å². The van der Waals surface area contributed by atoms with E-state index < -0.39 is 0 Å². The molecule has 0 aliphatic rings. The zero-order valence-electron chi connectivity index (χ0n) is 7.36. The molecule has 0 aliphatic carbocycles. The number of halogens is 3. The topological polar surface area (TPSA) is 43.6 Å². The number of hydrogen-bond donors (Lipinski definition) is 0. The molecule has 4 nitrogen and oxygen atoms in total. The van der Waals surface area contributed by atoms with Crippen molar-refractivity contribution in [2.45, 2.75) is 5.88 Å². The molecule has 7 heteroatoms. The van der Waals surface area contributed by atoms with Crippen LogP contribution in [0.15, 0.2) is 18.2 Å². The third-order valence-electron chi connectivity index (χ3n) is 1.81. The molecule has 15 heavy (non-hydrogen) atoms. The van der Waals surface area contributed by atoms with E-state index in [0.29, 0.717) is 21.6 Å². The normalized spacial score (nSPS) is 10.6. The first-order valence-corrected chi connectivity index (χ1v) is 5.30. The summed E-state index contributed by atoms with van der Waals surface area (Å²) in [4.78, 5) is 0. The molecule has 0 saturated carbocycles. The summed E-state index contributed by atoms with van der Waals surface area (Å²) in [5.74, 6) is 0.719. The van der Waals surface area contributed by atoms with Crippen molar-refractivity contribution < 1.29 is 0 Å². The maximum absolute atomic E-state index is 6.02. The van der Waals surface area contributed by atoms with Crippen LogP contribution in [0.5, 0.6) is 0 Å². The van der Waals surface area contributed by atoms with Gasteiger partial charge in [0.2, 0.25) is 0 Å². The average Bonchev–Trinajstić information content (AvgIpc) is 2.70. The van der Waals surface area contributed by atoms with Crippen LogP contribution in [-0.2, 0) is 5.88 Å². The molecule has 1 aromatic heterocycles. The van der Waals surface area contributed by atoms with Gasteiger partial charge < -0.3 is 0 Å². The monoisotopic (exact) mass is 262 g/mol. The van der Waals surface area contributed by atoms with Gasteiger partial charge in [-0.05, 0) is 22.6 Å². The number of hydrogen-bond acceptors (Lipinski definition) is 3. The molecule has 2 rings (SSSR count). The van der Waals surface area contributed by atoms with Crippen LogP contribution in [0.3, 0.4) is 0 Å². The number of alkyl halides is 1. The van der Waals surface area contributed by atoms with Crippen molar-refractivity contribution in [2.75, 3.05) is 0 Å². The van der Waals surface area contributed by atoms with Gasteiger partial charge in [-0.15, -0.1) is 16.7 Å². The molecule has 0 radical (unpaired) electrons. The van der Waals surface area contributed by atoms with Crippen molar-refractivity contribution in [3.8, 4) is 5.69 Å². The third kappa shape index (κ3) is 1.93. The number of aromatic nitrogens is 4. The Balaban J connectivity index is 2.59. The van der Waals surface area contributed by atoms with E-state index in [4.69, 9.17) is 34.8 Å². The SMILES string of the molecule is ClCc1nnnn1-c1cccc(Cl)c1Cl. The zero-order chi connectivity index (χ0) is 10.8. The molecule has 0 amide bonds. The van der Waals surface area contributed by atoms with Crippen LogP contribution in [0.25, 0.3) is 5.69 Å². The van der Waals surface area contributed by atoms with Crippen LogP contribution in [0.2, 0.25) is 10.0 Å². The summed E-state index contributed by atoms with van der Waals surface area (Å²) in [5.41, 5.74) is 0.616. The largest absolute Gasteiger partial charge is 0.195 e. The summed E-state index contributed by atoms with van der Waals surface area (Å²) >= 11 is 17.6. The first-order valence-electron chi connectivity index (χ1n) is 4.01. The van der Waals surface area contributed by atoms with Crippen molar-refractivity contribution in [1.82, 2.24) is 20.2 Å². The summed E-state index contributed by atoms with van der Waals surface area (Å²) in [6.07, 6.45) is 0. The highest BCUT2D eigenvalue weighted by atomic mass is 35.5. The Bertz CT molecular complexity index is 482. The molecule has 0 atom stereocenters. The van der Waals surface area contributed by atoms with Crippen LogP contribution in [-0.4, -0.2) is 20.2 Å². The lowest BCUT2D eigenvalue weighted by Crippen LogP contribution is -2.02. The summed E-state index contributed by atoms with van der Waals surface area (Å²) in [7, 11) is 0. The van der Waals surface area contributed by atoms with Gasteiger partial charge in [-0.25, -0.2) is 0 Å². The lowest BCUT2D eigenvalue weighted by molar-refractivity contribution is 0.777. The number of benzene rings is 1. The van der Waals surface area contributed by atoms with Crippen LogP contribution in [0.4, 0.5) is 0 Å². The fourth-order valence-electron chi connectivity index (χ4n) is 1.13. The molecular formula is C8H5Cl3N4. The Kier molecular flexibility index (Phi) is 3.09. The maximum atomic E-state index is 6.02. The molecule has 1 aromatic carbocycles. The minimum absolute atomic E-state index is 0.204. The minimum Gasteiger partial charge on any atom is -0.195 e.